The number of amides is 4. The average molecular weight is 504 g/mol. The Balaban J connectivity index is 1.16. The fraction of sp³-hybridized carbons (Fsp3) is 0.429. The van der Waals surface area contributed by atoms with E-state index in [0.717, 1.165) is 22.3 Å². The summed E-state index contributed by atoms with van der Waals surface area (Å²) in [6.45, 7) is 2.17. The smallest absolute Gasteiger partial charge is 0.410 e. The molecular weight excluding hydrogens is 474 g/mol. The molecule has 9 heteroatoms. The predicted molar refractivity (Wildman–Crippen MR) is 131 cm³/mol. The molecule has 0 aromatic heterocycles. The molecule has 1 spiro atoms. The summed E-state index contributed by atoms with van der Waals surface area (Å²) in [4.78, 5) is 53.2. The minimum Gasteiger partial charge on any atom is -0.445 e. The van der Waals surface area contributed by atoms with Crippen molar-refractivity contribution in [2.75, 3.05) is 19.7 Å². The van der Waals surface area contributed by atoms with E-state index in [0.29, 0.717) is 57.5 Å². The Morgan fingerprint density at radius 2 is 1.84 bits per heavy atom. The Labute approximate surface area is 214 Å². The zero-order valence-electron chi connectivity index (χ0n) is 20.5. The van der Waals surface area contributed by atoms with Crippen molar-refractivity contribution in [3.05, 3.63) is 70.3 Å². The number of carbonyl (C=O) groups excluding carboxylic acids is 4. The molecule has 2 saturated heterocycles. The van der Waals surface area contributed by atoms with Gasteiger partial charge < -0.3 is 19.3 Å². The van der Waals surface area contributed by atoms with Crippen molar-refractivity contribution in [2.45, 2.75) is 56.9 Å². The maximum atomic E-state index is 13.2. The van der Waals surface area contributed by atoms with Crippen LogP contribution in [0.3, 0.4) is 0 Å². The minimum atomic E-state index is -0.634. The number of rotatable bonds is 3. The number of likely N-dealkylation sites (tertiary alicyclic amines) is 1. The number of ether oxygens (including phenoxy) is 2. The number of carbonyl (C=O) groups is 4. The van der Waals surface area contributed by atoms with Gasteiger partial charge in [-0.25, -0.2) is 4.79 Å². The molecule has 192 valence electrons. The van der Waals surface area contributed by atoms with Crippen LogP contribution in [-0.2, 0) is 44.2 Å². The number of imide groups is 1. The maximum Gasteiger partial charge on any atom is 0.410 e. The van der Waals surface area contributed by atoms with Gasteiger partial charge in [0.15, 0.2) is 0 Å². The topological polar surface area (TPSA) is 105 Å². The molecule has 6 rings (SSSR count). The molecule has 0 bridgehead atoms. The summed E-state index contributed by atoms with van der Waals surface area (Å²) >= 11 is 0. The van der Waals surface area contributed by atoms with Gasteiger partial charge in [0, 0.05) is 31.6 Å². The van der Waals surface area contributed by atoms with Crippen LogP contribution < -0.4 is 5.32 Å². The highest BCUT2D eigenvalue weighted by Gasteiger charge is 2.45. The summed E-state index contributed by atoms with van der Waals surface area (Å²) in [6.07, 6.45) is 2.24. The van der Waals surface area contributed by atoms with Crippen LogP contribution in [0.4, 0.5) is 4.79 Å². The SMILES string of the molecule is O=C1CCC(N2Cc3cc4c(cc3C2=O)CCOC42CCN(C(=O)OCc3ccccc3)CC2)C(=O)N1. The number of nitrogens with one attached hydrogen (secondary N) is 1. The molecule has 2 aromatic rings. The third-order valence-corrected chi connectivity index (χ3v) is 8.02. The number of fused-ring (bicyclic) bond motifs is 3. The summed E-state index contributed by atoms with van der Waals surface area (Å²) < 4.78 is 11.9. The molecule has 2 fully saturated rings. The molecule has 0 radical (unpaired) electrons. The first kappa shape index (κ1) is 23.7. The number of benzene rings is 2. The largest absolute Gasteiger partial charge is 0.445 e. The number of piperidine rings is 2. The zero-order chi connectivity index (χ0) is 25.6. The van der Waals surface area contributed by atoms with Crippen LogP contribution in [0.15, 0.2) is 42.5 Å². The molecule has 37 heavy (non-hydrogen) atoms. The third kappa shape index (κ3) is 4.27. The second kappa shape index (κ2) is 9.30. The lowest BCUT2D eigenvalue weighted by Gasteiger charge is -2.45. The molecule has 4 aliphatic rings. The van der Waals surface area contributed by atoms with Gasteiger partial charge >= 0.3 is 6.09 Å². The fourth-order valence-electron chi connectivity index (χ4n) is 6.00. The lowest BCUT2D eigenvalue weighted by Crippen LogP contribution is -2.52. The van der Waals surface area contributed by atoms with Crippen molar-refractivity contribution in [3.63, 3.8) is 0 Å². The Morgan fingerprint density at radius 3 is 2.59 bits per heavy atom. The van der Waals surface area contributed by atoms with Crippen LogP contribution in [-0.4, -0.2) is 59.4 Å². The van der Waals surface area contributed by atoms with E-state index in [1.165, 1.54) is 0 Å². The van der Waals surface area contributed by atoms with Crippen molar-refractivity contribution >= 4 is 23.8 Å². The van der Waals surface area contributed by atoms with E-state index in [-0.39, 0.29) is 30.9 Å². The zero-order valence-corrected chi connectivity index (χ0v) is 20.5. The molecule has 4 aliphatic heterocycles. The summed E-state index contributed by atoms with van der Waals surface area (Å²) in [6, 6.07) is 13.0. The van der Waals surface area contributed by atoms with Gasteiger partial charge in [0.25, 0.3) is 5.91 Å². The molecule has 1 N–H and O–H groups in total. The van der Waals surface area contributed by atoms with E-state index in [1.807, 2.05) is 36.4 Å². The second-order valence-electron chi connectivity index (χ2n) is 10.2. The van der Waals surface area contributed by atoms with E-state index < -0.39 is 17.6 Å². The maximum absolute atomic E-state index is 13.2. The first-order valence-electron chi connectivity index (χ1n) is 12.8. The Morgan fingerprint density at radius 1 is 1.05 bits per heavy atom. The molecule has 4 amide bonds. The molecule has 2 aromatic carbocycles. The van der Waals surface area contributed by atoms with Gasteiger partial charge in [0.1, 0.15) is 12.6 Å². The summed E-state index contributed by atoms with van der Waals surface area (Å²) in [5.74, 6) is -0.868. The van der Waals surface area contributed by atoms with Gasteiger partial charge in [-0.15, -0.1) is 0 Å². The summed E-state index contributed by atoms with van der Waals surface area (Å²) in [7, 11) is 0. The van der Waals surface area contributed by atoms with Crippen molar-refractivity contribution in [3.8, 4) is 0 Å². The minimum absolute atomic E-state index is 0.163. The lowest BCUT2D eigenvalue weighted by atomic mass is 9.78. The summed E-state index contributed by atoms with van der Waals surface area (Å²) in [5, 5.41) is 2.35. The highest BCUT2D eigenvalue weighted by atomic mass is 16.6. The molecule has 9 nitrogen and oxygen atoms in total. The summed E-state index contributed by atoms with van der Waals surface area (Å²) in [5.41, 5.74) is 4.11. The Hall–Kier alpha value is -3.72. The monoisotopic (exact) mass is 503 g/mol. The van der Waals surface area contributed by atoms with Gasteiger partial charge in [-0.3, -0.25) is 19.7 Å². The van der Waals surface area contributed by atoms with Gasteiger partial charge in [0.2, 0.25) is 11.8 Å². The van der Waals surface area contributed by atoms with E-state index in [4.69, 9.17) is 9.47 Å². The highest BCUT2D eigenvalue weighted by Crippen LogP contribution is 2.44. The van der Waals surface area contributed by atoms with Gasteiger partial charge in [-0.05, 0) is 54.0 Å². The number of nitrogens with zero attached hydrogens (tertiary/aromatic N) is 2. The first-order chi connectivity index (χ1) is 17.9. The molecule has 0 aliphatic carbocycles. The molecular formula is C28H29N3O6. The lowest BCUT2D eigenvalue weighted by molar-refractivity contribution is -0.136. The fourth-order valence-corrected chi connectivity index (χ4v) is 6.00. The van der Waals surface area contributed by atoms with E-state index in [1.54, 1.807) is 9.80 Å². The average Bonchev–Trinajstić information content (AvgIpc) is 3.23. The molecule has 0 saturated carbocycles. The molecule has 1 unspecified atom stereocenters. The first-order valence-corrected chi connectivity index (χ1v) is 12.8. The highest BCUT2D eigenvalue weighted by molar-refractivity contribution is 6.05. The molecule has 1 atom stereocenters. The quantitative estimate of drug-likeness (QED) is 0.646. The predicted octanol–water partition coefficient (Wildman–Crippen LogP) is 2.65. The molecule has 4 heterocycles. The third-order valence-electron chi connectivity index (χ3n) is 8.02. The van der Waals surface area contributed by atoms with Crippen LogP contribution in [0, 0.1) is 0 Å². The van der Waals surface area contributed by atoms with Crippen molar-refractivity contribution in [1.29, 1.82) is 0 Å². The van der Waals surface area contributed by atoms with Crippen LogP contribution in [0.1, 0.15) is 58.3 Å². The van der Waals surface area contributed by atoms with E-state index in [9.17, 15) is 19.2 Å². The van der Waals surface area contributed by atoms with Crippen molar-refractivity contribution in [2.24, 2.45) is 0 Å². The van der Waals surface area contributed by atoms with Crippen LogP contribution in [0.25, 0.3) is 0 Å². The van der Waals surface area contributed by atoms with E-state index in [2.05, 4.69) is 11.4 Å². The van der Waals surface area contributed by atoms with E-state index >= 15 is 0 Å². The van der Waals surface area contributed by atoms with Crippen molar-refractivity contribution in [1.82, 2.24) is 15.1 Å². The standard InChI is InChI=1S/C28H29N3O6/c32-24-7-6-23(25(33)29-24)31-16-20-15-22-19(14-21(20)26(31)34)8-13-37-28(22)9-11-30(12-10-28)27(35)36-17-18-4-2-1-3-5-18/h1-5,14-15,23H,6-13,16-17H2,(H,29,32,33). The van der Waals surface area contributed by atoms with Crippen LogP contribution in [0.5, 0.6) is 0 Å². The van der Waals surface area contributed by atoms with Gasteiger partial charge in [-0.1, -0.05) is 36.4 Å². The van der Waals surface area contributed by atoms with Crippen LogP contribution >= 0.6 is 0 Å². The number of hydrogen-bond donors (Lipinski definition) is 1. The second-order valence-corrected chi connectivity index (χ2v) is 10.2. The number of hydrogen-bond acceptors (Lipinski definition) is 6. The van der Waals surface area contributed by atoms with Crippen LogP contribution in [0.2, 0.25) is 0 Å². The van der Waals surface area contributed by atoms with Gasteiger partial charge in [0.05, 0.1) is 12.2 Å². The Bertz CT molecular complexity index is 1270. The van der Waals surface area contributed by atoms with Crippen molar-refractivity contribution < 1.29 is 28.7 Å². The normalized spacial score (nSPS) is 22.5. The van der Waals surface area contributed by atoms with Gasteiger partial charge in [-0.2, -0.15) is 0 Å². The Kier molecular flexibility index (Phi) is 5.95.